The van der Waals surface area contributed by atoms with Crippen LogP contribution in [-0.4, -0.2) is 65.7 Å². The first-order valence-electron chi connectivity index (χ1n) is 7.03. The molecule has 0 aromatic heterocycles. The van der Waals surface area contributed by atoms with Crippen molar-refractivity contribution in [2.45, 2.75) is 38.5 Å². The number of hydrogen-bond acceptors (Lipinski definition) is 7. The lowest BCUT2D eigenvalue weighted by molar-refractivity contribution is -0.162. The molecule has 22 heavy (non-hydrogen) atoms. The lowest BCUT2D eigenvalue weighted by Gasteiger charge is -2.32. The molecule has 0 unspecified atom stereocenters. The lowest BCUT2D eigenvalue weighted by Crippen LogP contribution is -2.56. The Morgan fingerprint density at radius 1 is 1.59 bits per heavy atom. The van der Waals surface area contributed by atoms with Gasteiger partial charge in [-0.1, -0.05) is 13.8 Å². The van der Waals surface area contributed by atoms with E-state index in [9.17, 15) is 19.5 Å². The number of hydrogen-bond donors (Lipinski definition) is 2. The van der Waals surface area contributed by atoms with Gasteiger partial charge < -0.3 is 19.9 Å². The van der Waals surface area contributed by atoms with Crippen LogP contribution in [0.5, 0.6) is 0 Å². The third kappa shape index (κ3) is 3.53. The Bertz CT molecular complexity index is 492. The second kappa shape index (κ2) is 6.73. The van der Waals surface area contributed by atoms with Gasteiger partial charge in [-0.05, 0) is 5.92 Å². The molecule has 1 saturated heterocycles. The third-order valence-electron chi connectivity index (χ3n) is 3.18. The molecule has 2 amide bonds. The molecular formula is C13H19N3O6. The molecule has 0 saturated carbocycles. The van der Waals surface area contributed by atoms with Crippen LogP contribution in [0.3, 0.4) is 0 Å². The molecule has 0 bridgehead atoms. The van der Waals surface area contributed by atoms with Crippen LogP contribution in [-0.2, 0) is 19.1 Å². The number of nitrogens with one attached hydrogen (secondary N) is 1. The fraction of sp³-hybridized carbons (Fsp3) is 0.692. The van der Waals surface area contributed by atoms with Gasteiger partial charge in [-0.2, -0.15) is 5.10 Å². The average molecular weight is 313 g/mol. The molecule has 2 heterocycles. The van der Waals surface area contributed by atoms with Gasteiger partial charge in [0.05, 0.1) is 12.7 Å². The number of carbonyl (C=O) groups is 3. The number of ether oxygens (including phenoxy) is 2. The van der Waals surface area contributed by atoms with Crippen molar-refractivity contribution >= 4 is 24.2 Å². The quantitative estimate of drug-likeness (QED) is 0.659. The fourth-order valence-corrected chi connectivity index (χ4v) is 2.07. The van der Waals surface area contributed by atoms with E-state index in [1.54, 1.807) is 0 Å². The van der Waals surface area contributed by atoms with Crippen molar-refractivity contribution in [1.82, 2.24) is 10.3 Å². The van der Waals surface area contributed by atoms with Crippen molar-refractivity contribution in [2.24, 2.45) is 11.0 Å². The molecule has 122 valence electrons. The van der Waals surface area contributed by atoms with Crippen LogP contribution >= 0.6 is 0 Å². The van der Waals surface area contributed by atoms with E-state index in [-0.39, 0.29) is 25.6 Å². The van der Waals surface area contributed by atoms with Gasteiger partial charge in [-0.25, -0.2) is 14.6 Å². The van der Waals surface area contributed by atoms with E-state index in [2.05, 4.69) is 15.2 Å². The van der Waals surface area contributed by atoms with Gasteiger partial charge in [0.2, 0.25) is 0 Å². The minimum atomic E-state index is -1.23. The van der Waals surface area contributed by atoms with Crippen LogP contribution < -0.4 is 5.32 Å². The smallest absolute Gasteiger partial charge is 0.407 e. The summed E-state index contributed by atoms with van der Waals surface area (Å²) in [6.07, 6.45) is -0.344. The van der Waals surface area contributed by atoms with Crippen molar-refractivity contribution in [3.63, 3.8) is 0 Å². The van der Waals surface area contributed by atoms with Gasteiger partial charge >= 0.3 is 12.1 Å². The molecule has 3 atom stereocenters. The highest BCUT2D eigenvalue weighted by atomic mass is 16.6. The first-order chi connectivity index (χ1) is 10.4. The van der Waals surface area contributed by atoms with Crippen LogP contribution in [0.2, 0.25) is 0 Å². The summed E-state index contributed by atoms with van der Waals surface area (Å²) in [6, 6.07) is -2.16. The molecule has 2 aliphatic heterocycles. The number of hydrazone groups is 1. The summed E-state index contributed by atoms with van der Waals surface area (Å²) in [7, 11) is 0. The molecular weight excluding hydrogens is 294 g/mol. The molecule has 0 radical (unpaired) electrons. The van der Waals surface area contributed by atoms with Gasteiger partial charge in [-0.15, -0.1) is 0 Å². The lowest BCUT2D eigenvalue weighted by atomic mass is 10.1. The molecule has 0 aromatic carbocycles. The van der Waals surface area contributed by atoms with E-state index in [1.807, 2.05) is 13.8 Å². The van der Waals surface area contributed by atoms with Gasteiger partial charge in [0.1, 0.15) is 12.6 Å². The summed E-state index contributed by atoms with van der Waals surface area (Å²) >= 11 is 0. The first kappa shape index (κ1) is 16.2. The molecule has 0 aromatic rings. The van der Waals surface area contributed by atoms with E-state index in [0.717, 1.165) is 5.01 Å². The zero-order valence-electron chi connectivity index (χ0n) is 12.4. The number of carbonyl (C=O) groups excluding carboxylic acids is 3. The molecule has 9 heteroatoms. The standard InChI is InChI=1S/C13H19N3O6/c1-7(2)5-21-12(19)10-9(17)3-4-14-16(10)11(18)8-6-22-13(20)15-8/h4,7-10,17H,3,5-6H2,1-2H3,(H,15,20)/t8-,9+,10+/m1/s1. The van der Waals surface area contributed by atoms with E-state index in [1.165, 1.54) is 6.21 Å². The SMILES string of the molecule is CC(C)COC(=O)[C@@H]1[C@@H](O)CC=NN1C(=O)[C@H]1COC(=O)N1. The highest BCUT2D eigenvalue weighted by Crippen LogP contribution is 2.18. The molecule has 2 rings (SSSR count). The number of aliphatic hydroxyl groups is 1. The predicted molar refractivity (Wildman–Crippen MR) is 73.8 cm³/mol. The van der Waals surface area contributed by atoms with Crippen molar-refractivity contribution in [3.05, 3.63) is 0 Å². The predicted octanol–water partition coefficient (Wildman–Crippen LogP) is -0.758. The van der Waals surface area contributed by atoms with Crippen LogP contribution in [0.1, 0.15) is 20.3 Å². The summed E-state index contributed by atoms with van der Waals surface area (Å²) in [4.78, 5) is 35.5. The van der Waals surface area contributed by atoms with E-state index in [4.69, 9.17) is 4.74 Å². The van der Waals surface area contributed by atoms with Crippen molar-refractivity contribution in [1.29, 1.82) is 0 Å². The Hall–Kier alpha value is -2.16. The Morgan fingerprint density at radius 3 is 2.91 bits per heavy atom. The second-order valence-corrected chi connectivity index (χ2v) is 5.55. The number of cyclic esters (lactones) is 1. The number of rotatable bonds is 4. The van der Waals surface area contributed by atoms with E-state index in [0.29, 0.717) is 0 Å². The van der Waals surface area contributed by atoms with Crippen LogP contribution in [0, 0.1) is 5.92 Å². The van der Waals surface area contributed by atoms with Crippen LogP contribution in [0.4, 0.5) is 4.79 Å². The zero-order valence-corrected chi connectivity index (χ0v) is 12.4. The normalized spacial score (nSPS) is 27.5. The van der Waals surface area contributed by atoms with Crippen molar-refractivity contribution in [3.8, 4) is 0 Å². The number of amides is 2. The first-order valence-corrected chi connectivity index (χ1v) is 7.03. The Morgan fingerprint density at radius 2 is 2.32 bits per heavy atom. The summed E-state index contributed by atoms with van der Waals surface area (Å²) < 4.78 is 9.74. The molecule has 2 N–H and O–H groups in total. The Balaban J connectivity index is 2.10. The largest absolute Gasteiger partial charge is 0.464 e. The van der Waals surface area contributed by atoms with E-state index >= 15 is 0 Å². The number of aliphatic hydroxyl groups excluding tert-OH is 1. The van der Waals surface area contributed by atoms with Gasteiger partial charge in [0, 0.05) is 12.6 Å². The van der Waals surface area contributed by atoms with Crippen molar-refractivity contribution < 1.29 is 29.0 Å². The number of nitrogens with zero attached hydrogens (tertiary/aromatic N) is 2. The van der Waals surface area contributed by atoms with Gasteiger partial charge in [0.15, 0.2) is 6.04 Å². The van der Waals surface area contributed by atoms with Gasteiger partial charge in [0.25, 0.3) is 5.91 Å². The average Bonchev–Trinajstić information content (AvgIpc) is 2.90. The minimum Gasteiger partial charge on any atom is -0.464 e. The second-order valence-electron chi connectivity index (χ2n) is 5.55. The maximum atomic E-state index is 12.3. The molecule has 0 aliphatic carbocycles. The summed E-state index contributed by atoms with van der Waals surface area (Å²) in [5, 5.41) is 17.1. The Kier molecular flexibility index (Phi) is 4.96. The van der Waals surface area contributed by atoms with Gasteiger partial charge in [-0.3, -0.25) is 4.79 Å². The molecule has 1 fully saturated rings. The summed E-state index contributed by atoms with van der Waals surface area (Å²) in [5.41, 5.74) is 0. The van der Waals surface area contributed by atoms with Crippen LogP contribution in [0.25, 0.3) is 0 Å². The zero-order chi connectivity index (χ0) is 16.3. The third-order valence-corrected chi connectivity index (χ3v) is 3.18. The molecule has 9 nitrogen and oxygen atoms in total. The highest BCUT2D eigenvalue weighted by molar-refractivity contribution is 5.92. The van der Waals surface area contributed by atoms with Crippen LogP contribution in [0.15, 0.2) is 5.10 Å². The molecule has 0 spiro atoms. The maximum Gasteiger partial charge on any atom is 0.407 e. The maximum absolute atomic E-state index is 12.3. The Labute approximate surface area is 127 Å². The molecule has 2 aliphatic rings. The summed E-state index contributed by atoms with van der Waals surface area (Å²) in [5.74, 6) is -1.23. The monoisotopic (exact) mass is 313 g/mol. The summed E-state index contributed by atoms with van der Waals surface area (Å²) in [6.45, 7) is 3.78. The minimum absolute atomic E-state index is 0.125. The fourth-order valence-electron chi connectivity index (χ4n) is 2.07. The van der Waals surface area contributed by atoms with Crippen molar-refractivity contribution in [2.75, 3.05) is 13.2 Å². The van der Waals surface area contributed by atoms with E-state index < -0.39 is 36.2 Å². The number of esters is 1. The number of alkyl carbamates (subject to hydrolysis) is 1. The highest BCUT2D eigenvalue weighted by Gasteiger charge is 2.43. The topological polar surface area (TPSA) is 118 Å².